The number of anilines is 2. The minimum Gasteiger partial charge on any atom is -0.492 e. The van der Waals surface area contributed by atoms with Crippen LogP contribution in [0.3, 0.4) is 0 Å². The Morgan fingerprint density at radius 3 is 2.55 bits per heavy atom. The summed E-state index contributed by atoms with van der Waals surface area (Å²) in [6.45, 7) is 3.47. The van der Waals surface area contributed by atoms with Crippen molar-refractivity contribution in [3.63, 3.8) is 0 Å². The lowest BCUT2D eigenvalue weighted by atomic mass is 9.73. The fourth-order valence-electron chi connectivity index (χ4n) is 6.56. The zero-order valence-electron chi connectivity index (χ0n) is 21.9. The molecule has 3 N–H and O–H groups in total. The summed E-state index contributed by atoms with van der Waals surface area (Å²) in [6.07, 6.45) is -3.09. The number of alkyl halides is 3. The van der Waals surface area contributed by atoms with Crippen LogP contribution in [0.15, 0.2) is 30.3 Å². The number of nitrogens with zero attached hydrogens (tertiary/aromatic N) is 2. The molecule has 214 valence electrons. The van der Waals surface area contributed by atoms with Crippen LogP contribution in [-0.4, -0.2) is 59.8 Å². The number of amides is 3. The number of hydrogen-bond donors (Lipinski definition) is 3. The maximum absolute atomic E-state index is 14.2. The van der Waals surface area contributed by atoms with Gasteiger partial charge in [0.25, 0.3) is 0 Å². The Morgan fingerprint density at radius 2 is 1.88 bits per heavy atom. The smallest absolute Gasteiger partial charge is 0.418 e. The summed E-state index contributed by atoms with van der Waals surface area (Å²) in [5, 5.41) is 16.3. The topological polar surface area (TPSA) is 94.1 Å². The largest absolute Gasteiger partial charge is 0.492 e. The lowest BCUT2D eigenvalue weighted by molar-refractivity contribution is -0.137. The van der Waals surface area contributed by atoms with Gasteiger partial charge >= 0.3 is 12.2 Å². The number of ether oxygens (including phenoxy) is 1. The van der Waals surface area contributed by atoms with Gasteiger partial charge in [-0.15, -0.1) is 0 Å². The van der Waals surface area contributed by atoms with E-state index in [2.05, 4.69) is 15.5 Å². The molecule has 3 aliphatic heterocycles. The highest BCUT2D eigenvalue weighted by molar-refractivity contribution is 6.31. The van der Waals surface area contributed by atoms with Crippen molar-refractivity contribution in [3.8, 4) is 5.75 Å². The molecule has 1 saturated carbocycles. The molecule has 0 aromatic heterocycles. The van der Waals surface area contributed by atoms with E-state index >= 15 is 0 Å². The number of hydrogen-bond acceptors (Lipinski definition) is 5. The highest BCUT2D eigenvalue weighted by Gasteiger charge is 2.49. The van der Waals surface area contributed by atoms with E-state index in [9.17, 15) is 27.9 Å². The molecular formula is C28H30ClF3N4O4. The van der Waals surface area contributed by atoms with E-state index in [-0.39, 0.29) is 43.3 Å². The van der Waals surface area contributed by atoms with Crippen molar-refractivity contribution >= 4 is 34.9 Å². The molecule has 6 rings (SSSR count). The summed E-state index contributed by atoms with van der Waals surface area (Å²) in [5.41, 5.74) is -0.692. The zero-order chi connectivity index (χ0) is 28.4. The average molecular weight is 579 g/mol. The molecule has 4 aliphatic rings. The van der Waals surface area contributed by atoms with E-state index in [0.717, 1.165) is 22.2 Å². The van der Waals surface area contributed by atoms with E-state index in [0.29, 0.717) is 43.1 Å². The minimum absolute atomic E-state index is 0.0268. The van der Waals surface area contributed by atoms with Crippen LogP contribution in [0.5, 0.6) is 5.75 Å². The Labute approximate surface area is 234 Å². The lowest BCUT2D eigenvalue weighted by Crippen LogP contribution is -2.59. The summed E-state index contributed by atoms with van der Waals surface area (Å²) >= 11 is 6.19. The summed E-state index contributed by atoms with van der Waals surface area (Å²) in [4.78, 5) is 28.7. The molecule has 0 radical (unpaired) electrons. The molecule has 40 heavy (non-hydrogen) atoms. The van der Waals surface area contributed by atoms with Crippen LogP contribution in [0.1, 0.15) is 49.3 Å². The average Bonchev–Trinajstić information content (AvgIpc) is 3.13. The molecule has 2 fully saturated rings. The number of carbonyl (C=O) groups excluding carboxylic acids is 2. The van der Waals surface area contributed by atoms with Crippen LogP contribution >= 0.6 is 11.6 Å². The Hall–Kier alpha value is -3.02. The van der Waals surface area contributed by atoms with Crippen LogP contribution < -0.4 is 20.3 Å². The summed E-state index contributed by atoms with van der Waals surface area (Å²) in [7, 11) is 0. The first-order valence-corrected chi connectivity index (χ1v) is 13.7. The molecule has 3 heterocycles. The maximum atomic E-state index is 14.2. The molecular weight excluding hydrogens is 549 g/mol. The number of aliphatic hydroxyl groups is 1. The molecule has 1 aliphatic carbocycles. The van der Waals surface area contributed by atoms with Gasteiger partial charge in [-0.2, -0.15) is 13.2 Å². The van der Waals surface area contributed by atoms with Crippen molar-refractivity contribution in [2.45, 2.75) is 62.4 Å². The summed E-state index contributed by atoms with van der Waals surface area (Å²) in [5.74, 6) is 0.0519. The van der Waals surface area contributed by atoms with Gasteiger partial charge < -0.3 is 20.5 Å². The second kappa shape index (κ2) is 9.53. The first-order chi connectivity index (χ1) is 18.9. The highest BCUT2D eigenvalue weighted by atomic mass is 35.5. The van der Waals surface area contributed by atoms with Crippen LogP contribution in [0, 0.1) is 0 Å². The van der Waals surface area contributed by atoms with E-state index in [1.165, 1.54) is 0 Å². The SMILES string of the molecule is CC1(O)CC(N2C(=O)NCc3cc(OCCN4CCC5(CC4)C(=O)Nc4ccc(Cl)cc45)cc(C(F)(F)F)c32)C1. The van der Waals surface area contributed by atoms with Gasteiger partial charge in [0.15, 0.2) is 0 Å². The molecule has 0 unspecified atom stereocenters. The molecule has 8 nitrogen and oxygen atoms in total. The van der Waals surface area contributed by atoms with Gasteiger partial charge in [-0.25, -0.2) is 4.79 Å². The van der Waals surface area contributed by atoms with E-state index < -0.39 is 34.8 Å². The molecule has 1 saturated heterocycles. The number of nitrogens with one attached hydrogen (secondary N) is 2. The summed E-state index contributed by atoms with van der Waals surface area (Å²) < 4.78 is 48.4. The van der Waals surface area contributed by atoms with Crippen LogP contribution in [0.2, 0.25) is 5.02 Å². The molecule has 0 atom stereocenters. The first kappa shape index (κ1) is 27.2. The van der Waals surface area contributed by atoms with Gasteiger partial charge in [-0.1, -0.05) is 11.6 Å². The van der Waals surface area contributed by atoms with Crippen LogP contribution in [0.4, 0.5) is 29.3 Å². The fourth-order valence-corrected chi connectivity index (χ4v) is 6.73. The first-order valence-electron chi connectivity index (χ1n) is 13.4. The molecule has 12 heteroatoms. The van der Waals surface area contributed by atoms with Gasteiger partial charge in [0.2, 0.25) is 5.91 Å². The van der Waals surface area contributed by atoms with Gasteiger partial charge in [-0.3, -0.25) is 14.6 Å². The third kappa shape index (κ3) is 4.67. The van der Waals surface area contributed by atoms with Crippen LogP contribution in [-0.2, 0) is 22.9 Å². The van der Waals surface area contributed by atoms with Crippen molar-refractivity contribution in [3.05, 3.63) is 52.0 Å². The number of urea groups is 1. The predicted octanol–water partition coefficient (Wildman–Crippen LogP) is 4.67. The number of fused-ring (bicyclic) bond motifs is 3. The second-order valence-electron chi connectivity index (χ2n) is 11.5. The van der Waals surface area contributed by atoms with Crippen molar-refractivity contribution < 1.29 is 32.6 Å². The number of carbonyl (C=O) groups is 2. The maximum Gasteiger partial charge on any atom is 0.418 e. The predicted molar refractivity (Wildman–Crippen MR) is 143 cm³/mol. The van der Waals surface area contributed by atoms with Gasteiger partial charge in [0.05, 0.1) is 22.3 Å². The number of halogens is 4. The van der Waals surface area contributed by atoms with Gasteiger partial charge in [0.1, 0.15) is 12.4 Å². The van der Waals surface area contributed by atoms with Crippen molar-refractivity contribution in [1.29, 1.82) is 0 Å². The van der Waals surface area contributed by atoms with Gasteiger partial charge in [0, 0.05) is 29.8 Å². The molecule has 2 aromatic carbocycles. The lowest BCUT2D eigenvalue weighted by Gasteiger charge is -2.48. The summed E-state index contributed by atoms with van der Waals surface area (Å²) in [6, 6.07) is 6.79. The Balaban J connectivity index is 1.14. The standard InChI is InChI=1S/C28H30ClF3N4O4/c1-26(39)13-18(14-26)36-23-16(15-33-25(36)38)10-19(12-21(23)28(30,31)32)40-9-8-35-6-4-27(5-7-35)20-11-17(29)2-3-22(20)34-24(27)37/h2-3,10-12,18,39H,4-9,13-15H2,1H3,(H,33,38)(H,34,37). The number of likely N-dealkylation sites (tertiary alicyclic amines) is 1. The second-order valence-corrected chi connectivity index (χ2v) is 11.9. The van der Waals surface area contributed by atoms with Crippen molar-refractivity contribution in [1.82, 2.24) is 10.2 Å². The number of rotatable bonds is 5. The monoisotopic (exact) mass is 578 g/mol. The highest BCUT2D eigenvalue weighted by Crippen LogP contribution is 2.48. The zero-order valence-corrected chi connectivity index (χ0v) is 22.7. The minimum atomic E-state index is -4.70. The van der Waals surface area contributed by atoms with E-state index in [1.54, 1.807) is 19.1 Å². The van der Waals surface area contributed by atoms with Crippen molar-refractivity contribution in [2.24, 2.45) is 0 Å². The molecule has 3 amide bonds. The van der Waals surface area contributed by atoms with Gasteiger partial charge in [-0.05, 0) is 87.2 Å². The fraction of sp³-hybridized carbons (Fsp3) is 0.500. The Bertz CT molecular complexity index is 1370. The molecule has 0 bridgehead atoms. The Kier molecular flexibility index (Phi) is 6.47. The van der Waals surface area contributed by atoms with E-state index in [4.69, 9.17) is 16.3 Å². The van der Waals surface area contributed by atoms with Crippen LogP contribution in [0.25, 0.3) is 0 Å². The molecule has 1 spiro atoms. The Morgan fingerprint density at radius 1 is 1.15 bits per heavy atom. The third-order valence-corrected chi connectivity index (χ3v) is 8.87. The quantitative estimate of drug-likeness (QED) is 0.480. The number of benzene rings is 2. The number of piperidine rings is 1. The van der Waals surface area contributed by atoms with E-state index in [1.807, 2.05) is 12.1 Å². The normalized spacial score (nSPS) is 25.6. The third-order valence-electron chi connectivity index (χ3n) is 8.64. The van der Waals surface area contributed by atoms with Crippen molar-refractivity contribution in [2.75, 3.05) is 36.5 Å². The molecule has 2 aromatic rings.